The molecule has 1 aromatic rings. The third-order valence-corrected chi connectivity index (χ3v) is 5.11. The van der Waals surface area contributed by atoms with E-state index in [1.807, 2.05) is 12.1 Å². The molecule has 0 saturated heterocycles. The van der Waals surface area contributed by atoms with Gasteiger partial charge in [0.15, 0.2) is 0 Å². The van der Waals surface area contributed by atoms with Crippen LogP contribution in [0.15, 0.2) is 22.7 Å². The van der Waals surface area contributed by atoms with Crippen molar-refractivity contribution in [1.82, 2.24) is 0 Å². The van der Waals surface area contributed by atoms with Crippen LogP contribution in [-0.4, -0.2) is 6.04 Å². The predicted octanol–water partition coefficient (Wildman–Crippen LogP) is 6.12. The van der Waals surface area contributed by atoms with Crippen molar-refractivity contribution < 1.29 is 0 Å². The predicted molar refractivity (Wildman–Crippen MR) is 88.0 cm³/mol. The van der Waals surface area contributed by atoms with Gasteiger partial charge in [0.25, 0.3) is 0 Å². The van der Waals surface area contributed by atoms with Gasteiger partial charge in [0.2, 0.25) is 0 Å². The molecular weight excluding hydrogens is 322 g/mol. The quantitative estimate of drug-likeness (QED) is 0.694. The summed E-state index contributed by atoms with van der Waals surface area (Å²) in [6.07, 6.45) is 6.68. The molecular formula is C16H23BrClN. The monoisotopic (exact) mass is 343 g/mol. The second-order valence-electron chi connectivity index (χ2n) is 6.13. The van der Waals surface area contributed by atoms with E-state index in [0.717, 1.165) is 27.0 Å². The van der Waals surface area contributed by atoms with Crippen molar-refractivity contribution in [3.05, 3.63) is 27.7 Å². The van der Waals surface area contributed by atoms with Crippen LogP contribution in [-0.2, 0) is 0 Å². The minimum atomic E-state index is 0.606. The van der Waals surface area contributed by atoms with Crippen LogP contribution in [0.3, 0.4) is 0 Å². The fourth-order valence-electron chi connectivity index (χ4n) is 3.12. The lowest BCUT2D eigenvalue weighted by Gasteiger charge is -2.31. The molecule has 0 heterocycles. The molecule has 0 aliphatic heterocycles. The van der Waals surface area contributed by atoms with Crippen LogP contribution in [0.1, 0.15) is 46.0 Å². The molecule has 0 amide bonds. The molecule has 1 fully saturated rings. The molecule has 2 unspecified atom stereocenters. The molecule has 1 N–H and O–H groups in total. The summed E-state index contributed by atoms with van der Waals surface area (Å²) in [5.74, 6) is 1.70. The summed E-state index contributed by atoms with van der Waals surface area (Å²) in [7, 11) is 0. The van der Waals surface area contributed by atoms with Crippen LogP contribution in [0, 0.1) is 11.8 Å². The molecule has 0 bridgehead atoms. The van der Waals surface area contributed by atoms with E-state index >= 15 is 0 Å². The molecule has 2 rings (SSSR count). The van der Waals surface area contributed by atoms with E-state index in [9.17, 15) is 0 Å². The molecule has 0 aromatic heterocycles. The highest BCUT2D eigenvalue weighted by molar-refractivity contribution is 9.10. The van der Waals surface area contributed by atoms with E-state index in [1.54, 1.807) is 0 Å². The number of rotatable bonds is 4. The first kappa shape index (κ1) is 15.2. The van der Waals surface area contributed by atoms with Gasteiger partial charge in [-0.3, -0.25) is 0 Å². The summed E-state index contributed by atoms with van der Waals surface area (Å²) in [5.41, 5.74) is 1.14. The molecule has 2 atom stereocenters. The Labute approximate surface area is 130 Å². The molecule has 19 heavy (non-hydrogen) atoms. The minimum absolute atomic E-state index is 0.606. The van der Waals surface area contributed by atoms with E-state index in [0.29, 0.717) is 6.04 Å². The lowest BCUT2D eigenvalue weighted by Crippen LogP contribution is -2.27. The fourth-order valence-corrected chi connectivity index (χ4v) is 3.55. The van der Waals surface area contributed by atoms with Crippen molar-refractivity contribution >= 4 is 33.2 Å². The lowest BCUT2D eigenvalue weighted by molar-refractivity contribution is 0.289. The molecule has 1 aliphatic rings. The Morgan fingerprint density at radius 3 is 2.84 bits per heavy atom. The zero-order valence-corrected chi connectivity index (χ0v) is 14.1. The van der Waals surface area contributed by atoms with Crippen molar-refractivity contribution in [2.75, 3.05) is 5.32 Å². The smallest absolute Gasteiger partial charge is 0.0568 e. The topological polar surface area (TPSA) is 12.0 Å². The summed E-state index contributed by atoms with van der Waals surface area (Å²) in [6, 6.07) is 6.73. The van der Waals surface area contributed by atoms with Gasteiger partial charge in [-0.05, 0) is 65.2 Å². The van der Waals surface area contributed by atoms with Gasteiger partial charge in [-0.25, -0.2) is 0 Å². The van der Waals surface area contributed by atoms with Crippen molar-refractivity contribution in [2.24, 2.45) is 11.8 Å². The number of hydrogen-bond acceptors (Lipinski definition) is 1. The van der Waals surface area contributed by atoms with Crippen LogP contribution in [0.25, 0.3) is 0 Å². The fraction of sp³-hybridized carbons (Fsp3) is 0.625. The molecule has 0 radical (unpaired) electrons. The minimum Gasteiger partial charge on any atom is -0.382 e. The van der Waals surface area contributed by atoms with Gasteiger partial charge in [-0.15, -0.1) is 0 Å². The van der Waals surface area contributed by atoms with Gasteiger partial charge in [0.05, 0.1) is 5.02 Å². The van der Waals surface area contributed by atoms with Gasteiger partial charge < -0.3 is 5.32 Å². The Balaban J connectivity index is 1.92. The first-order chi connectivity index (χ1) is 9.04. The summed E-state index contributed by atoms with van der Waals surface area (Å²) < 4.78 is 0.959. The van der Waals surface area contributed by atoms with E-state index in [-0.39, 0.29) is 0 Å². The summed E-state index contributed by atoms with van der Waals surface area (Å²) in [4.78, 5) is 0. The maximum absolute atomic E-state index is 6.14. The Morgan fingerprint density at radius 1 is 1.37 bits per heavy atom. The standard InChI is InChI=1S/C16H23BrClN/c1-11(2)8-12-4-3-5-13(9-12)19-14-6-7-15(17)16(18)10-14/h6-7,10-13,19H,3-5,8-9H2,1-2H3. The van der Waals surface area contributed by atoms with Crippen LogP contribution in [0.5, 0.6) is 0 Å². The van der Waals surface area contributed by atoms with E-state index in [4.69, 9.17) is 11.6 Å². The third kappa shape index (κ3) is 4.68. The summed E-state index contributed by atoms with van der Waals surface area (Å²) >= 11 is 9.57. The highest BCUT2D eigenvalue weighted by Crippen LogP contribution is 2.32. The van der Waals surface area contributed by atoms with Crippen molar-refractivity contribution in [2.45, 2.75) is 52.0 Å². The van der Waals surface area contributed by atoms with Gasteiger partial charge in [0, 0.05) is 16.2 Å². The van der Waals surface area contributed by atoms with Gasteiger partial charge >= 0.3 is 0 Å². The van der Waals surface area contributed by atoms with Gasteiger partial charge in [-0.1, -0.05) is 38.3 Å². The SMILES string of the molecule is CC(C)CC1CCCC(Nc2ccc(Br)c(Cl)c2)C1. The second-order valence-corrected chi connectivity index (χ2v) is 7.39. The van der Waals surface area contributed by atoms with Gasteiger partial charge in [0.1, 0.15) is 0 Å². The highest BCUT2D eigenvalue weighted by atomic mass is 79.9. The maximum atomic E-state index is 6.14. The van der Waals surface area contributed by atoms with Gasteiger partial charge in [-0.2, -0.15) is 0 Å². The van der Waals surface area contributed by atoms with Crippen LogP contribution in [0.4, 0.5) is 5.69 Å². The normalized spacial score (nSPS) is 23.6. The molecule has 1 aliphatic carbocycles. The van der Waals surface area contributed by atoms with E-state index in [2.05, 4.69) is 41.2 Å². The number of benzene rings is 1. The van der Waals surface area contributed by atoms with Crippen molar-refractivity contribution in [3.63, 3.8) is 0 Å². The van der Waals surface area contributed by atoms with Crippen molar-refractivity contribution in [1.29, 1.82) is 0 Å². The third-order valence-electron chi connectivity index (χ3n) is 3.88. The number of anilines is 1. The van der Waals surface area contributed by atoms with Crippen LogP contribution < -0.4 is 5.32 Å². The lowest BCUT2D eigenvalue weighted by atomic mass is 9.81. The Hall–Kier alpha value is -0.210. The number of nitrogens with one attached hydrogen (secondary N) is 1. The zero-order valence-electron chi connectivity index (χ0n) is 11.8. The zero-order chi connectivity index (χ0) is 13.8. The maximum Gasteiger partial charge on any atom is 0.0568 e. The van der Waals surface area contributed by atoms with Crippen LogP contribution >= 0.6 is 27.5 Å². The van der Waals surface area contributed by atoms with E-state index < -0.39 is 0 Å². The molecule has 1 nitrogen and oxygen atoms in total. The second kappa shape index (κ2) is 6.99. The Morgan fingerprint density at radius 2 is 2.16 bits per heavy atom. The summed E-state index contributed by atoms with van der Waals surface area (Å²) in [5, 5.41) is 4.42. The summed E-state index contributed by atoms with van der Waals surface area (Å²) in [6.45, 7) is 4.65. The van der Waals surface area contributed by atoms with Crippen LogP contribution in [0.2, 0.25) is 5.02 Å². The molecule has 1 saturated carbocycles. The van der Waals surface area contributed by atoms with E-state index in [1.165, 1.54) is 32.1 Å². The highest BCUT2D eigenvalue weighted by Gasteiger charge is 2.22. The first-order valence-electron chi connectivity index (χ1n) is 7.26. The number of halogens is 2. The number of hydrogen-bond donors (Lipinski definition) is 1. The Bertz CT molecular complexity index is 419. The van der Waals surface area contributed by atoms with Crippen molar-refractivity contribution in [3.8, 4) is 0 Å². The molecule has 106 valence electrons. The average Bonchev–Trinajstić information content (AvgIpc) is 2.33. The molecule has 0 spiro atoms. The molecule has 1 aromatic carbocycles. The molecule has 3 heteroatoms. The average molecular weight is 345 g/mol. The largest absolute Gasteiger partial charge is 0.382 e. The Kier molecular flexibility index (Phi) is 5.58. The first-order valence-corrected chi connectivity index (χ1v) is 8.43.